The van der Waals surface area contributed by atoms with Gasteiger partial charge < -0.3 is 9.64 Å². The lowest BCUT2D eigenvalue weighted by Crippen LogP contribution is -2.41. The summed E-state index contributed by atoms with van der Waals surface area (Å²) in [6.07, 6.45) is 0. The van der Waals surface area contributed by atoms with Crippen LogP contribution in [0.4, 0.5) is 5.69 Å². The zero-order chi connectivity index (χ0) is 16.9. The minimum absolute atomic E-state index is 0.189. The van der Waals surface area contributed by atoms with Crippen LogP contribution in [-0.2, 0) is 13.1 Å². The molecule has 4 heteroatoms. The van der Waals surface area contributed by atoms with Gasteiger partial charge in [-0.15, -0.1) is 0 Å². The van der Waals surface area contributed by atoms with Gasteiger partial charge in [-0.1, -0.05) is 60.7 Å². The molecule has 0 aliphatic rings. The van der Waals surface area contributed by atoms with E-state index in [1.807, 2.05) is 65.6 Å². The molecule has 0 N–H and O–H groups in total. The summed E-state index contributed by atoms with van der Waals surface area (Å²) in [6, 6.07) is 19.8. The number of benzene rings is 2. The van der Waals surface area contributed by atoms with E-state index in [9.17, 15) is 9.59 Å². The Bertz CT molecular complexity index is 824. The van der Waals surface area contributed by atoms with Crippen molar-refractivity contribution in [3.8, 4) is 5.75 Å². The summed E-state index contributed by atoms with van der Waals surface area (Å²) in [4.78, 5) is 25.9. The first-order chi connectivity index (χ1) is 11.7. The van der Waals surface area contributed by atoms with Gasteiger partial charge in [0.1, 0.15) is 5.69 Å². The van der Waals surface area contributed by atoms with Gasteiger partial charge in [-0.2, -0.15) is 0 Å². The molecule has 24 heavy (non-hydrogen) atoms. The number of hydrogen-bond acceptors (Lipinski definition) is 4. The lowest BCUT2D eigenvalue weighted by molar-refractivity contribution is 0.332. The second-order valence-electron chi connectivity index (χ2n) is 5.60. The maximum atomic E-state index is 12.1. The lowest BCUT2D eigenvalue weighted by atomic mass is 10.1. The third kappa shape index (κ3) is 3.23. The predicted octanol–water partition coefficient (Wildman–Crippen LogP) is 2.89. The van der Waals surface area contributed by atoms with Crippen LogP contribution >= 0.6 is 0 Å². The van der Waals surface area contributed by atoms with Crippen molar-refractivity contribution in [2.45, 2.75) is 20.0 Å². The van der Waals surface area contributed by atoms with Crippen LogP contribution in [0.1, 0.15) is 18.1 Å². The van der Waals surface area contributed by atoms with E-state index in [-0.39, 0.29) is 5.75 Å². The number of hydrogen-bond donors (Lipinski definition) is 0. The van der Waals surface area contributed by atoms with Crippen molar-refractivity contribution < 1.29 is 4.74 Å². The molecule has 3 rings (SSSR count). The maximum absolute atomic E-state index is 12.1. The van der Waals surface area contributed by atoms with Gasteiger partial charge >= 0.3 is 0 Å². The van der Waals surface area contributed by atoms with Crippen molar-refractivity contribution in [1.29, 1.82) is 0 Å². The fraction of sp³-hybridized carbons (Fsp3) is 0.200. The van der Waals surface area contributed by atoms with Crippen molar-refractivity contribution in [3.05, 3.63) is 92.2 Å². The summed E-state index contributed by atoms with van der Waals surface area (Å²) in [5.74, 6) is 0.189. The van der Waals surface area contributed by atoms with E-state index in [1.165, 1.54) is 0 Å². The Hall–Kier alpha value is -2.88. The molecular formula is C20H19NO3. The van der Waals surface area contributed by atoms with Gasteiger partial charge in [0.15, 0.2) is 5.75 Å². The Morgan fingerprint density at radius 3 is 1.75 bits per heavy atom. The average Bonchev–Trinajstić information content (AvgIpc) is 2.62. The first-order valence-corrected chi connectivity index (χ1v) is 7.99. The van der Waals surface area contributed by atoms with Crippen LogP contribution in [0.25, 0.3) is 0 Å². The van der Waals surface area contributed by atoms with Crippen LogP contribution in [0.15, 0.2) is 70.3 Å². The van der Waals surface area contributed by atoms with E-state index >= 15 is 0 Å². The normalized spacial score (nSPS) is 10.7. The Morgan fingerprint density at radius 2 is 1.29 bits per heavy atom. The van der Waals surface area contributed by atoms with Crippen LogP contribution in [-0.4, -0.2) is 6.61 Å². The lowest BCUT2D eigenvalue weighted by Gasteiger charge is -2.27. The molecule has 0 bridgehead atoms. The van der Waals surface area contributed by atoms with Crippen LogP contribution in [0.3, 0.4) is 0 Å². The fourth-order valence-electron chi connectivity index (χ4n) is 2.75. The van der Waals surface area contributed by atoms with Crippen LogP contribution in [0.2, 0.25) is 0 Å². The molecule has 0 aliphatic carbocycles. The van der Waals surface area contributed by atoms with Crippen molar-refractivity contribution in [2.75, 3.05) is 11.5 Å². The number of anilines is 1. The first kappa shape index (κ1) is 16.0. The third-order valence-electron chi connectivity index (χ3n) is 3.88. The summed E-state index contributed by atoms with van der Waals surface area (Å²) < 4.78 is 5.40. The largest absolute Gasteiger partial charge is 0.488 e. The Morgan fingerprint density at radius 1 is 0.792 bits per heavy atom. The molecule has 0 spiro atoms. The quantitative estimate of drug-likeness (QED) is 0.628. The molecule has 0 amide bonds. The van der Waals surface area contributed by atoms with Crippen molar-refractivity contribution in [1.82, 2.24) is 0 Å². The molecule has 0 aromatic heterocycles. The first-order valence-electron chi connectivity index (χ1n) is 7.99. The van der Waals surface area contributed by atoms with E-state index in [2.05, 4.69) is 0 Å². The monoisotopic (exact) mass is 321 g/mol. The predicted molar refractivity (Wildman–Crippen MR) is 95.3 cm³/mol. The standard InChI is InChI=1S/C20H19NO3/c1-2-24-20-17(18(22)19(20)23)21(13-15-9-5-3-6-10-15)14-16-11-7-4-8-12-16/h3-12H,2,13-14H2,1H3. The summed E-state index contributed by atoms with van der Waals surface area (Å²) in [7, 11) is 0. The molecular weight excluding hydrogens is 302 g/mol. The van der Waals surface area contributed by atoms with Crippen LogP contribution in [0, 0.1) is 0 Å². The van der Waals surface area contributed by atoms with Gasteiger partial charge in [-0.05, 0) is 18.1 Å². The zero-order valence-corrected chi connectivity index (χ0v) is 13.6. The molecule has 0 saturated carbocycles. The Kier molecular flexibility index (Phi) is 4.75. The van der Waals surface area contributed by atoms with Crippen LogP contribution in [0.5, 0.6) is 5.75 Å². The molecule has 122 valence electrons. The minimum atomic E-state index is -0.530. The molecule has 0 fully saturated rings. The van der Waals surface area contributed by atoms with Crippen molar-refractivity contribution in [3.63, 3.8) is 0 Å². The van der Waals surface area contributed by atoms with Crippen molar-refractivity contribution >= 4 is 5.69 Å². The molecule has 4 nitrogen and oxygen atoms in total. The van der Waals surface area contributed by atoms with E-state index < -0.39 is 10.9 Å². The van der Waals surface area contributed by atoms with Crippen molar-refractivity contribution in [2.24, 2.45) is 0 Å². The fourth-order valence-corrected chi connectivity index (χ4v) is 2.75. The smallest absolute Gasteiger partial charge is 0.272 e. The topological polar surface area (TPSA) is 46.6 Å². The van der Waals surface area contributed by atoms with Gasteiger partial charge in [0.25, 0.3) is 10.9 Å². The van der Waals surface area contributed by atoms with Gasteiger partial charge in [0.05, 0.1) is 6.61 Å². The van der Waals surface area contributed by atoms with E-state index in [4.69, 9.17) is 4.74 Å². The minimum Gasteiger partial charge on any atom is -0.488 e. The number of nitrogens with zero attached hydrogens (tertiary/aromatic N) is 1. The van der Waals surface area contributed by atoms with E-state index in [0.29, 0.717) is 25.4 Å². The zero-order valence-electron chi connectivity index (χ0n) is 13.6. The highest BCUT2D eigenvalue weighted by Crippen LogP contribution is 2.26. The molecule has 0 atom stereocenters. The Labute approximate surface area is 140 Å². The SMILES string of the molecule is CCOc1c(N(Cc2ccccc2)Cc2ccccc2)c(=O)c1=O. The average molecular weight is 321 g/mol. The summed E-state index contributed by atoms with van der Waals surface area (Å²) in [5, 5.41) is 0. The van der Waals surface area contributed by atoms with Gasteiger partial charge in [-0.3, -0.25) is 9.59 Å². The van der Waals surface area contributed by atoms with Gasteiger partial charge in [0.2, 0.25) is 0 Å². The van der Waals surface area contributed by atoms with E-state index in [1.54, 1.807) is 6.92 Å². The molecule has 0 radical (unpaired) electrons. The second kappa shape index (κ2) is 7.13. The highest BCUT2D eigenvalue weighted by atomic mass is 16.5. The molecule has 3 aromatic carbocycles. The highest BCUT2D eigenvalue weighted by Gasteiger charge is 2.27. The maximum Gasteiger partial charge on any atom is 0.272 e. The molecule has 0 heterocycles. The highest BCUT2D eigenvalue weighted by molar-refractivity contribution is 5.64. The van der Waals surface area contributed by atoms with Gasteiger partial charge in [-0.25, -0.2) is 0 Å². The number of rotatable bonds is 7. The third-order valence-corrected chi connectivity index (χ3v) is 3.88. The second-order valence-corrected chi connectivity index (χ2v) is 5.60. The van der Waals surface area contributed by atoms with Crippen LogP contribution < -0.4 is 20.5 Å². The molecule has 3 aromatic rings. The molecule has 0 unspecified atom stereocenters. The summed E-state index contributed by atoms with van der Waals surface area (Å²) >= 11 is 0. The van der Waals surface area contributed by atoms with E-state index in [0.717, 1.165) is 11.1 Å². The summed E-state index contributed by atoms with van der Waals surface area (Å²) in [6.45, 7) is 3.25. The number of ether oxygens (including phenoxy) is 1. The molecule has 0 saturated heterocycles. The Balaban J connectivity index is 1.94. The van der Waals surface area contributed by atoms with Gasteiger partial charge in [0, 0.05) is 13.1 Å². The molecule has 0 aliphatic heterocycles. The summed E-state index contributed by atoms with van der Waals surface area (Å²) in [5.41, 5.74) is 1.53.